The molecule has 1 aromatic carbocycles. The lowest BCUT2D eigenvalue weighted by atomic mass is 9.40. The van der Waals surface area contributed by atoms with E-state index in [9.17, 15) is 40.5 Å². The highest BCUT2D eigenvalue weighted by atomic mass is 33.1. The number of carbonyl (C=O) groups excluding carboxylic acids is 3. The van der Waals surface area contributed by atoms with E-state index in [2.05, 4.69) is 40.1 Å². The third-order valence-corrected chi connectivity index (χ3v) is 27.6. The summed E-state index contributed by atoms with van der Waals surface area (Å²) >= 11 is 0. The van der Waals surface area contributed by atoms with Crippen molar-refractivity contribution in [2.45, 2.75) is 190 Å². The van der Waals surface area contributed by atoms with Gasteiger partial charge in [-0.25, -0.2) is 0 Å². The second-order valence-electron chi connectivity index (χ2n) is 29.4. The average Bonchev–Trinajstić information content (AvgIpc) is 1.63. The van der Waals surface area contributed by atoms with Gasteiger partial charge in [0.1, 0.15) is 17.9 Å². The molecule has 8 aliphatic carbocycles. The molecule has 5 saturated carbocycles. The molecule has 0 radical (unpaired) electrons. The van der Waals surface area contributed by atoms with Crippen LogP contribution in [0.25, 0.3) is 0 Å². The number of carbonyl (C=O) groups is 3. The fraction of sp³-hybridized carbons (Fsp3) is 0.714. The van der Waals surface area contributed by atoms with Gasteiger partial charge in [0.25, 0.3) is 0 Å². The summed E-state index contributed by atoms with van der Waals surface area (Å²) in [4.78, 5) is 53.9. The predicted molar refractivity (Wildman–Crippen MR) is 342 cm³/mol. The molecule has 486 valence electrons. The monoisotopic (exact) mass is 1260 g/mol. The highest BCUT2D eigenvalue weighted by Crippen LogP contribution is 2.75. The minimum absolute atomic E-state index is 0.00324. The van der Waals surface area contributed by atoms with Gasteiger partial charge in [0.2, 0.25) is 0 Å². The van der Waals surface area contributed by atoms with Crippen molar-refractivity contribution in [3.8, 4) is 17.6 Å². The number of nitrogens with zero attached hydrogens (tertiary/aromatic N) is 1. The Morgan fingerprint density at radius 3 is 2.38 bits per heavy atom. The Balaban J connectivity index is 1.06. The maximum atomic E-state index is 16.8. The van der Waals surface area contributed by atoms with Crippen LogP contribution in [0.5, 0.6) is 5.75 Å². The van der Waals surface area contributed by atoms with Crippen LogP contribution in [0.2, 0.25) is 0 Å². The van der Waals surface area contributed by atoms with E-state index in [0.29, 0.717) is 48.7 Å². The van der Waals surface area contributed by atoms with Crippen molar-refractivity contribution < 1.29 is 60.0 Å². The number of cyclic esters (lactones) is 1. The number of hydrogen-bond donors (Lipinski definition) is 12. The maximum Gasteiger partial charge on any atom is 0.314 e. The Bertz CT molecular complexity index is 3080. The molecule has 0 spiro atoms. The highest BCUT2D eigenvalue weighted by molar-refractivity contribution is 8.76. The molecule has 2 aromatic rings. The standard InChI is InChI=1S/C70H97N5O12S2/c1-4-55-57(58(65(84)87-55)42-21-24-73-32-42)40-8-7-9-41-30-70(86)60-51(20-22-68(70,23-25-74-66(71)72)64(41)67(3,85)56(81)29-43(33-76)47-19-16-39-13-12-37(2)26-48(39)49(47)27-40)69(45-10-5-6-11-45)31-54(80)62(82)50-36-89-88-35-44(38-14-17-46(78)18-15-38)28-53(79)52(34-77)75-61(60)63(83)59(50)69/h14-18,21,24,32,37,40-41,43-45,47-52,54-59,62,64,73,75-78,80-82,85-86H,4-6,9-13,19-20,22-23,25-31,33-36H2,1-3H3,(H4,71,72,74). The summed E-state index contributed by atoms with van der Waals surface area (Å²) in [5, 5.41) is 104. The molecule has 19 heteroatoms. The zero-order valence-electron chi connectivity index (χ0n) is 52.1. The van der Waals surface area contributed by atoms with Crippen molar-refractivity contribution in [3.05, 3.63) is 76.8 Å². The molecule has 89 heavy (non-hydrogen) atoms. The van der Waals surface area contributed by atoms with Crippen molar-refractivity contribution >= 4 is 45.1 Å². The van der Waals surface area contributed by atoms with Crippen LogP contribution in [0.3, 0.4) is 0 Å². The number of aromatic hydroxyl groups is 1. The van der Waals surface area contributed by atoms with Gasteiger partial charge in [-0.1, -0.05) is 78.0 Å². The third-order valence-electron chi connectivity index (χ3n) is 25.1. The average molecular weight is 1260 g/mol. The third kappa shape index (κ3) is 11.2. The molecule has 1 aromatic heterocycles. The number of rotatable bonds is 10. The lowest BCUT2D eigenvalue weighted by Crippen LogP contribution is -2.69. The summed E-state index contributed by atoms with van der Waals surface area (Å²) in [6.45, 7) is 5.07. The van der Waals surface area contributed by atoms with Crippen molar-refractivity contribution in [3.63, 3.8) is 0 Å². The van der Waals surface area contributed by atoms with E-state index in [-0.39, 0.29) is 134 Å². The molecule has 2 bridgehead atoms. The number of nitrogens with one attached hydrogen (secondary N) is 2. The SMILES string of the molecule is CCC1OC(=O)C(c2cc[nH]c2)C1C1C#CCC2CC3(O)C4=C5NC(CO)C(=O)CC(c6ccc(O)cc6)CSSCC6C(O)C(O)CC(C7CCCC7)(C4CCC3(CCN=C(N)N)C2C(C)(O)C(O)CC(CO)C2CC=C3CCC(C)CC3C2C1)C6C5=O. The number of aliphatic hydroxyl groups excluding tert-OH is 5. The molecule has 2 saturated heterocycles. The maximum absolute atomic E-state index is 16.8. The van der Waals surface area contributed by atoms with Crippen LogP contribution >= 0.6 is 21.6 Å². The van der Waals surface area contributed by atoms with Crippen LogP contribution < -0.4 is 16.8 Å². The van der Waals surface area contributed by atoms with Gasteiger partial charge in [-0.15, -0.1) is 5.92 Å². The van der Waals surface area contributed by atoms with E-state index in [1.54, 1.807) is 31.2 Å². The van der Waals surface area contributed by atoms with Crippen LogP contribution in [-0.2, 0) is 19.1 Å². The quantitative estimate of drug-likeness (QED) is 0.0280. The first-order chi connectivity index (χ1) is 42.7. The summed E-state index contributed by atoms with van der Waals surface area (Å²) in [6, 6.07) is 7.33. The highest BCUT2D eigenvalue weighted by Gasteiger charge is 2.76. The van der Waals surface area contributed by atoms with Gasteiger partial charge in [0, 0.05) is 90.8 Å². The van der Waals surface area contributed by atoms with Crippen molar-refractivity contribution in [2.75, 3.05) is 31.3 Å². The van der Waals surface area contributed by atoms with Crippen LogP contribution in [0.4, 0.5) is 0 Å². The summed E-state index contributed by atoms with van der Waals surface area (Å²) in [5.74, 6) is 1.68. The van der Waals surface area contributed by atoms with Crippen molar-refractivity contribution in [2.24, 2.45) is 104 Å². The number of aliphatic imine (C=N–C) groups is 1. The van der Waals surface area contributed by atoms with Crippen LogP contribution in [0.15, 0.2) is 70.6 Å². The Morgan fingerprint density at radius 2 is 1.67 bits per heavy atom. The second-order valence-corrected chi connectivity index (χ2v) is 31.9. The van der Waals surface area contributed by atoms with E-state index in [1.165, 1.54) is 27.2 Å². The number of ketones is 2. The Labute approximate surface area is 532 Å². The Morgan fingerprint density at radius 1 is 0.910 bits per heavy atom. The number of esters is 1. The van der Waals surface area contributed by atoms with Crippen LogP contribution in [0, 0.1) is 99.6 Å². The van der Waals surface area contributed by atoms with E-state index in [4.69, 9.17) is 16.2 Å². The van der Waals surface area contributed by atoms with E-state index < -0.39 is 101 Å². The van der Waals surface area contributed by atoms with Crippen LogP contribution in [0.1, 0.15) is 159 Å². The number of allylic oxidation sites excluding steroid dienone is 3. The zero-order chi connectivity index (χ0) is 62.9. The van der Waals surface area contributed by atoms with Gasteiger partial charge < -0.3 is 67.4 Å². The fourth-order valence-corrected chi connectivity index (χ4v) is 24.0. The first-order valence-corrected chi connectivity index (χ1v) is 36.1. The van der Waals surface area contributed by atoms with E-state index in [0.717, 1.165) is 56.1 Å². The smallest absolute Gasteiger partial charge is 0.314 e. The summed E-state index contributed by atoms with van der Waals surface area (Å²) in [6.07, 6.45) is 10.8. The van der Waals surface area contributed by atoms with Gasteiger partial charge in [0.05, 0.1) is 47.7 Å². The van der Waals surface area contributed by atoms with Crippen molar-refractivity contribution in [1.29, 1.82) is 0 Å². The van der Waals surface area contributed by atoms with Crippen LogP contribution in [-0.4, -0.2) is 142 Å². The Kier molecular flexibility index (Phi) is 18.8. The molecule has 14 N–H and O–H groups in total. The van der Waals surface area contributed by atoms with Gasteiger partial charge in [-0.3, -0.25) is 19.4 Å². The number of phenolic OH excluding ortho intramolecular Hbond substituents is 1. The van der Waals surface area contributed by atoms with E-state index >= 15 is 14.7 Å². The number of H-pyrrole nitrogens is 1. The molecule has 7 fully saturated rings. The normalized spacial score (nSPS) is 43.6. The zero-order valence-corrected chi connectivity index (χ0v) is 53.7. The lowest BCUT2D eigenvalue weighted by molar-refractivity contribution is -0.203. The molecule has 2 aliphatic heterocycles. The second kappa shape index (κ2) is 25.9. The van der Waals surface area contributed by atoms with E-state index in [1.807, 2.05) is 25.4 Å². The Hall–Kier alpha value is -4.36. The van der Waals surface area contributed by atoms with Crippen molar-refractivity contribution in [1.82, 2.24) is 10.3 Å². The minimum Gasteiger partial charge on any atom is -0.508 e. The predicted octanol–water partition coefficient (Wildman–Crippen LogP) is 7.17. The first kappa shape index (κ1) is 64.7. The molecule has 23 unspecified atom stereocenters. The molecule has 10 aliphatic rings. The molecule has 17 nitrogen and oxygen atoms in total. The molecular formula is C70H97N5O12S2. The molecule has 3 heterocycles. The number of aliphatic hydroxyl groups is 7. The minimum atomic E-state index is -2.02. The number of fused-ring (bicyclic) bond motifs is 10. The fourth-order valence-electron chi connectivity index (χ4n) is 21.3. The summed E-state index contributed by atoms with van der Waals surface area (Å²) in [5.41, 5.74) is 9.35. The number of hydrogen-bond acceptors (Lipinski definition) is 16. The number of aromatic amines is 1. The molecule has 0 amide bonds. The number of aromatic nitrogens is 1. The largest absolute Gasteiger partial charge is 0.508 e. The molecule has 12 rings (SSSR count). The number of guanidine groups is 1. The number of nitrogens with two attached hydrogens (primary N) is 2. The lowest BCUT2D eigenvalue weighted by Gasteiger charge is -2.66. The number of ether oxygens (including phenoxy) is 1. The number of Topliss-reactive ketones (excluding diaryl/α,β-unsaturated/α-hetero) is 2. The summed E-state index contributed by atoms with van der Waals surface area (Å²) in [7, 11) is 3.03. The first-order valence-electron chi connectivity index (χ1n) is 33.6. The van der Waals surface area contributed by atoms with Gasteiger partial charge in [-0.2, -0.15) is 0 Å². The number of benzene rings is 1. The number of phenols is 1. The molecule has 23 atom stereocenters. The molecular weight excluding hydrogens is 1170 g/mol. The topological polar surface area (TPSA) is 315 Å². The van der Waals surface area contributed by atoms with Gasteiger partial charge >= 0.3 is 5.97 Å². The van der Waals surface area contributed by atoms with Gasteiger partial charge in [0.15, 0.2) is 17.5 Å². The van der Waals surface area contributed by atoms with Gasteiger partial charge in [-0.05, 0) is 184 Å². The summed E-state index contributed by atoms with van der Waals surface area (Å²) < 4.78 is 6.33.